The molecule has 0 unspecified atom stereocenters. The average molecular weight is 374 g/mol. The summed E-state index contributed by atoms with van der Waals surface area (Å²) in [6, 6.07) is 9.99. The first-order chi connectivity index (χ1) is 13.0. The van der Waals surface area contributed by atoms with Crippen LogP contribution in [0.1, 0.15) is 35.7 Å². The first kappa shape index (κ1) is 20.6. The SMILES string of the molecule is CCCCOc1ccc(CNC(=O)c2ccc(N(C)C)c(F)c2)cc1OC. The Kier molecular flexibility index (Phi) is 7.46. The third-order valence-electron chi connectivity index (χ3n) is 4.13. The van der Waals surface area contributed by atoms with E-state index in [9.17, 15) is 9.18 Å². The number of halogens is 1. The first-order valence-corrected chi connectivity index (χ1v) is 9.01. The van der Waals surface area contributed by atoms with Gasteiger partial charge in [0, 0.05) is 26.2 Å². The second kappa shape index (κ2) is 9.80. The number of unbranched alkanes of at least 4 members (excludes halogenated alkanes) is 1. The molecule has 0 aliphatic rings. The van der Waals surface area contributed by atoms with Gasteiger partial charge in [-0.1, -0.05) is 19.4 Å². The van der Waals surface area contributed by atoms with Crippen molar-refractivity contribution in [2.75, 3.05) is 32.7 Å². The van der Waals surface area contributed by atoms with Crippen LogP contribution in [0, 0.1) is 5.82 Å². The Morgan fingerprint density at radius 1 is 1.15 bits per heavy atom. The Morgan fingerprint density at radius 2 is 1.93 bits per heavy atom. The topological polar surface area (TPSA) is 50.8 Å². The van der Waals surface area contributed by atoms with Gasteiger partial charge in [0.1, 0.15) is 5.82 Å². The molecule has 0 radical (unpaired) electrons. The minimum Gasteiger partial charge on any atom is -0.493 e. The Bertz CT molecular complexity index is 778. The van der Waals surface area contributed by atoms with Crippen molar-refractivity contribution in [3.63, 3.8) is 0 Å². The number of hydrogen-bond acceptors (Lipinski definition) is 4. The molecular weight excluding hydrogens is 347 g/mol. The lowest BCUT2D eigenvalue weighted by Gasteiger charge is -2.14. The molecule has 27 heavy (non-hydrogen) atoms. The third kappa shape index (κ3) is 5.61. The zero-order valence-corrected chi connectivity index (χ0v) is 16.3. The summed E-state index contributed by atoms with van der Waals surface area (Å²) >= 11 is 0. The number of hydrogen-bond donors (Lipinski definition) is 1. The maximum absolute atomic E-state index is 14.0. The highest BCUT2D eigenvalue weighted by atomic mass is 19.1. The minimum atomic E-state index is -0.428. The van der Waals surface area contributed by atoms with E-state index < -0.39 is 5.82 Å². The molecule has 6 heteroatoms. The maximum Gasteiger partial charge on any atom is 0.251 e. The average Bonchev–Trinajstić information content (AvgIpc) is 2.66. The Morgan fingerprint density at radius 3 is 2.56 bits per heavy atom. The van der Waals surface area contributed by atoms with E-state index in [4.69, 9.17) is 9.47 Å². The highest BCUT2D eigenvalue weighted by Gasteiger charge is 2.12. The summed E-state index contributed by atoms with van der Waals surface area (Å²) < 4.78 is 25.1. The van der Waals surface area contributed by atoms with Gasteiger partial charge in [-0.05, 0) is 42.3 Å². The molecule has 5 nitrogen and oxygen atoms in total. The Balaban J connectivity index is 2.01. The molecular formula is C21H27FN2O3. The van der Waals surface area contributed by atoms with Crippen LogP contribution in [0.5, 0.6) is 11.5 Å². The zero-order chi connectivity index (χ0) is 19.8. The van der Waals surface area contributed by atoms with E-state index in [1.165, 1.54) is 6.07 Å². The molecule has 2 rings (SSSR count). The normalized spacial score (nSPS) is 10.4. The van der Waals surface area contributed by atoms with Crippen molar-refractivity contribution in [1.82, 2.24) is 5.32 Å². The summed E-state index contributed by atoms with van der Waals surface area (Å²) in [4.78, 5) is 14.0. The van der Waals surface area contributed by atoms with Gasteiger partial charge in [-0.2, -0.15) is 0 Å². The van der Waals surface area contributed by atoms with Gasteiger partial charge in [0.05, 0.1) is 19.4 Å². The van der Waals surface area contributed by atoms with E-state index in [-0.39, 0.29) is 11.5 Å². The lowest BCUT2D eigenvalue weighted by molar-refractivity contribution is 0.0950. The van der Waals surface area contributed by atoms with Gasteiger partial charge in [-0.3, -0.25) is 4.79 Å². The molecule has 0 atom stereocenters. The van der Waals surface area contributed by atoms with E-state index >= 15 is 0 Å². The summed E-state index contributed by atoms with van der Waals surface area (Å²) in [5, 5.41) is 2.80. The van der Waals surface area contributed by atoms with Gasteiger partial charge in [0.2, 0.25) is 0 Å². The number of benzene rings is 2. The van der Waals surface area contributed by atoms with Gasteiger partial charge >= 0.3 is 0 Å². The van der Waals surface area contributed by atoms with Gasteiger partial charge < -0.3 is 19.7 Å². The summed E-state index contributed by atoms with van der Waals surface area (Å²) in [5.74, 6) is 0.547. The molecule has 0 saturated carbocycles. The van der Waals surface area contributed by atoms with E-state index in [1.807, 2.05) is 18.2 Å². The van der Waals surface area contributed by atoms with Crippen LogP contribution >= 0.6 is 0 Å². The largest absolute Gasteiger partial charge is 0.493 e. The van der Waals surface area contributed by atoms with Crippen LogP contribution in [0.2, 0.25) is 0 Å². The van der Waals surface area contributed by atoms with Crippen molar-refractivity contribution in [2.24, 2.45) is 0 Å². The number of amides is 1. The number of nitrogens with one attached hydrogen (secondary N) is 1. The van der Waals surface area contributed by atoms with Crippen LogP contribution in [0.3, 0.4) is 0 Å². The molecule has 0 fully saturated rings. The van der Waals surface area contributed by atoms with Crippen molar-refractivity contribution in [1.29, 1.82) is 0 Å². The molecule has 0 spiro atoms. The fraction of sp³-hybridized carbons (Fsp3) is 0.381. The van der Waals surface area contributed by atoms with E-state index in [0.29, 0.717) is 30.3 Å². The number of rotatable bonds is 9. The van der Waals surface area contributed by atoms with Crippen LogP contribution in [0.25, 0.3) is 0 Å². The lowest BCUT2D eigenvalue weighted by Crippen LogP contribution is -2.23. The van der Waals surface area contributed by atoms with E-state index in [1.54, 1.807) is 38.2 Å². The predicted molar refractivity (Wildman–Crippen MR) is 105 cm³/mol. The first-order valence-electron chi connectivity index (χ1n) is 9.01. The number of nitrogens with zero attached hydrogens (tertiary/aromatic N) is 1. The van der Waals surface area contributed by atoms with Crippen LogP contribution in [0.15, 0.2) is 36.4 Å². The quantitative estimate of drug-likeness (QED) is 0.674. The van der Waals surface area contributed by atoms with Crippen LogP contribution in [-0.2, 0) is 6.54 Å². The highest BCUT2D eigenvalue weighted by Crippen LogP contribution is 2.28. The number of methoxy groups -OCH3 is 1. The highest BCUT2D eigenvalue weighted by molar-refractivity contribution is 5.94. The third-order valence-corrected chi connectivity index (χ3v) is 4.13. The molecule has 1 amide bonds. The fourth-order valence-electron chi connectivity index (χ4n) is 2.56. The molecule has 0 aliphatic carbocycles. The van der Waals surface area contributed by atoms with Crippen LogP contribution < -0.4 is 19.7 Å². The van der Waals surface area contributed by atoms with E-state index in [0.717, 1.165) is 18.4 Å². The number of anilines is 1. The molecule has 0 saturated heterocycles. The fourth-order valence-corrected chi connectivity index (χ4v) is 2.56. The van der Waals surface area contributed by atoms with Crippen molar-refractivity contribution < 1.29 is 18.7 Å². The van der Waals surface area contributed by atoms with Crippen LogP contribution in [-0.4, -0.2) is 33.7 Å². The van der Waals surface area contributed by atoms with Crippen molar-refractivity contribution in [2.45, 2.75) is 26.3 Å². The number of carbonyl (C=O) groups is 1. The molecule has 146 valence electrons. The van der Waals surface area contributed by atoms with E-state index in [2.05, 4.69) is 12.2 Å². The van der Waals surface area contributed by atoms with Gasteiger partial charge in [0.25, 0.3) is 5.91 Å². The molecule has 1 N–H and O–H groups in total. The number of carbonyl (C=O) groups excluding carboxylic acids is 1. The summed E-state index contributed by atoms with van der Waals surface area (Å²) in [6.45, 7) is 3.05. The lowest BCUT2D eigenvalue weighted by atomic mass is 10.1. The smallest absolute Gasteiger partial charge is 0.251 e. The Hall–Kier alpha value is -2.76. The predicted octanol–water partition coefficient (Wildman–Crippen LogP) is 4.01. The van der Waals surface area contributed by atoms with Crippen molar-refractivity contribution >= 4 is 11.6 Å². The molecule has 0 aromatic heterocycles. The minimum absolute atomic E-state index is 0.282. The summed E-state index contributed by atoms with van der Waals surface area (Å²) in [5.41, 5.74) is 1.59. The molecule has 0 bridgehead atoms. The summed E-state index contributed by atoms with van der Waals surface area (Å²) in [7, 11) is 5.09. The van der Waals surface area contributed by atoms with Crippen LogP contribution in [0.4, 0.5) is 10.1 Å². The zero-order valence-electron chi connectivity index (χ0n) is 16.3. The molecule has 2 aromatic carbocycles. The van der Waals surface area contributed by atoms with Gasteiger partial charge in [0.15, 0.2) is 11.5 Å². The second-order valence-electron chi connectivity index (χ2n) is 6.43. The standard InChI is InChI=1S/C21H27FN2O3/c1-5-6-11-27-19-10-7-15(12-20(19)26-4)14-23-21(25)16-8-9-18(24(2)3)17(22)13-16/h7-10,12-13H,5-6,11,14H2,1-4H3,(H,23,25). The Labute approximate surface area is 160 Å². The van der Waals surface area contributed by atoms with Gasteiger partial charge in [-0.25, -0.2) is 4.39 Å². The summed E-state index contributed by atoms with van der Waals surface area (Å²) in [6.07, 6.45) is 2.03. The molecule has 0 heterocycles. The maximum atomic E-state index is 14.0. The van der Waals surface area contributed by atoms with Crippen molar-refractivity contribution in [3.8, 4) is 11.5 Å². The number of ether oxygens (including phenoxy) is 2. The second-order valence-corrected chi connectivity index (χ2v) is 6.43. The monoisotopic (exact) mass is 374 g/mol. The molecule has 0 aliphatic heterocycles. The van der Waals surface area contributed by atoms with Crippen molar-refractivity contribution in [3.05, 3.63) is 53.3 Å². The van der Waals surface area contributed by atoms with Gasteiger partial charge in [-0.15, -0.1) is 0 Å². The molecule has 2 aromatic rings.